The Balaban J connectivity index is 0.000000160. The number of nitrogens with zero attached hydrogens (tertiary/aromatic N) is 9. The van der Waals surface area contributed by atoms with E-state index in [4.69, 9.17) is 5.11 Å². The van der Waals surface area contributed by atoms with Gasteiger partial charge < -0.3 is 77.5 Å². The highest BCUT2D eigenvalue weighted by Gasteiger charge is 2.40. The number of nitrogens with one attached hydrogen (secondary N) is 9. The van der Waals surface area contributed by atoms with Gasteiger partial charge in [-0.3, -0.25) is 42.9 Å². The number of aryl methyl sites for hydroxylation is 1. The smallest absolute Gasteiger partial charge is 0.335 e. The van der Waals surface area contributed by atoms with Gasteiger partial charge in [-0.15, -0.1) is 0 Å². The van der Waals surface area contributed by atoms with Gasteiger partial charge in [0, 0.05) is 185 Å². The number of carbonyl (C=O) groups is 8. The van der Waals surface area contributed by atoms with Gasteiger partial charge in [-0.25, -0.2) is 4.79 Å². The first kappa shape index (κ1) is 109. The second-order valence-corrected chi connectivity index (χ2v) is 40.0. The molecular weight excluding hydrogens is 1790 g/mol. The molecule has 0 radical (unpaired) electrons. The van der Waals surface area contributed by atoms with Crippen molar-refractivity contribution >= 4 is 81.4 Å². The van der Waals surface area contributed by atoms with Gasteiger partial charge in [0.2, 0.25) is 41.4 Å². The molecule has 5 aliphatic heterocycles. The Morgan fingerprint density at radius 1 is 0.343 bits per heavy atom. The van der Waals surface area contributed by atoms with E-state index in [1.54, 1.807) is 46.8 Å². The fraction of sp³-hybridized carbons (Fsp3) is 0.414. The lowest BCUT2D eigenvalue weighted by atomic mass is 9.88. The number of fused-ring (bicyclic) bond motifs is 5. The van der Waals surface area contributed by atoms with E-state index in [1.807, 2.05) is 165 Å². The van der Waals surface area contributed by atoms with Crippen LogP contribution >= 0.6 is 0 Å². The highest BCUT2D eigenvalue weighted by Crippen LogP contribution is 2.47. The number of rotatable bonds is 26. The molecule has 143 heavy (non-hydrogen) atoms. The van der Waals surface area contributed by atoms with Crippen LogP contribution in [0.25, 0.3) is 55.6 Å². The molecule has 0 bridgehead atoms. The fourth-order valence-corrected chi connectivity index (χ4v) is 20.2. The average molecular weight is 1940 g/mol. The minimum Gasteiger partial charge on any atom is -0.478 e. The monoisotopic (exact) mass is 1940 g/mol. The third-order valence-electron chi connectivity index (χ3n) is 27.2. The van der Waals surface area contributed by atoms with Gasteiger partial charge in [-0.05, 0) is 270 Å². The third-order valence-corrected chi connectivity index (χ3v) is 27.2. The van der Waals surface area contributed by atoms with Gasteiger partial charge >= 0.3 is 5.97 Å². The summed E-state index contributed by atoms with van der Waals surface area (Å²) < 4.78 is 3.87. The molecule has 16 rings (SSSR count). The maximum absolute atomic E-state index is 12.4. The molecule has 27 nitrogen and oxygen atoms in total. The van der Waals surface area contributed by atoms with Gasteiger partial charge in [0.15, 0.2) is 0 Å². The third kappa shape index (κ3) is 27.2. The van der Waals surface area contributed by atoms with Crippen LogP contribution in [-0.2, 0) is 59.7 Å². The molecule has 11 aromatic rings. The first-order chi connectivity index (χ1) is 68.3. The average Bonchev–Trinajstić information content (AvgIpc) is 1.63. The van der Waals surface area contributed by atoms with Gasteiger partial charge in [0.1, 0.15) is 0 Å². The number of amides is 7. The van der Waals surface area contributed by atoms with Crippen molar-refractivity contribution in [1.29, 1.82) is 0 Å². The molecule has 0 fully saturated rings. The number of aromatic carboxylic acids is 1. The summed E-state index contributed by atoms with van der Waals surface area (Å²) in [5.41, 5.74) is 26.0. The summed E-state index contributed by atoms with van der Waals surface area (Å²) in [7, 11) is 7.75. The largest absolute Gasteiger partial charge is 0.478 e. The molecule has 758 valence electrons. The molecule has 0 spiro atoms. The lowest BCUT2D eigenvalue weighted by molar-refractivity contribution is -0.125. The van der Waals surface area contributed by atoms with Crippen molar-refractivity contribution in [3.05, 3.63) is 263 Å². The van der Waals surface area contributed by atoms with Crippen LogP contribution in [0.3, 0.4) is 0 Å². The highest BCUT2D eigenvalue weighted by atomic mass is 16.4. The lowest BCUT2D eigenvalue weighted by Gasteiger charge is -2.40. The molecule has 2 aromatic heterocycles. The molecule has 27 heteroatoms. The summed E-state index contributed by atoms with van der Waals surface area (Å²) in [6.07, 6.45) is 11.9. The molecule has 0 saturated heterocycles. The van der Waals surface area contributed by atoms with Gasteiger partial charge in [-0.2, -0.15) is 10.2 Å². The van der Waals surface area contributed by atoms with Crippen molar-refractivity contribution in [1.82, 2.24) is 62.1 Å². The van der Waals surface area contributed by atoms with E-state index in [-0.39, 0.29) is 119 Å². The van der Waals surface area contributed by atoms with E-state index in [0.717, 1.165) is 154 Å². The minimum absolute atomic E-state index is 0.0139. The number of carboxylic acid groups (broad SMARTS) is 1. The predicted molar refractivity (Wildman–Crippen MR) is 579 cm³/mol. The van der Waals surface area contributed by atoms with Crippen molar-refractivity contribution in [3.8, 4) is 55.6 Å². The standard InChI is InChI=1S/C26H26N2O3.C24H31N3O2.C23H31N3O.C22H31N5O2.C21H31N5O/c1-16-4-11-22(12-5-16)27-24-14-17(2)28(18(3)29)25-13-10-21(15-23(24)25)19-6-8-20(9-7-19)26(30)31;1-15(2)24(29)26-22-12-16(3)27(17(4)28)23-11-10-20(13-21(22)23)19-8-6-18(7-9-19)14-25-5;1-15(2)25-22-12-16(3)26(17(4)27)23-11-10-20(13-21(22)23)19-8-6-18(7-9-19)14-24-5;1-14(2)22(29)25-20-10-15(3)27(16(4)28)21-7-6-17(11-19(20)21)18-12-24-26(13-18)9-8-23-5;1-14(2)24-20-10-15(3)26(16(4)27)21-7-6-17(11-19(20)21)18-12-23-25(13-18)9-8-22-5/h4-13,15,17,24,27H,14H2,1-3H3,(H,30,31);6-11,13,15-16,22,25H,12,14H2,1-5H3,(H,26,29);6-11,13,15-16,22,24-25H,12,14H2,1-5H3;6-7,11-15,20,23H,8-10H2,1-5H3,(H,25,29);6-7,11-15,20,22,24H,8-10H2,1-5H3/t17-,24+;2*16-,22+;2*15-,20+/m00000/s1. The SMILES string of the molecule is CC(=O)N1c2ccc(-c3ccc(C(=O)O)cc3)cc2[C@H](Nc2ccc(C)cc2)C[C@@H]1C.CNCCn1cc(-c2ccc3c(c2)[C@H](NC(=O)C(C)C)C[C@H](C)N3C(C)=O)cn1.CNCCn1cc(-c2ccc3c(c2)[C@H](NC(C)C)C[C@H](C)N3C(C)=O)cn1.CNCc1ccc(-c2ccc3c(c2)[C@H](NC(=O)C(C)C)C[C@H](C)N3C(C)=O)cc1.CNCc1ccc(-c2ccc3c(c2)[C@H](NC(C)C)C[C@H](C)N3C(C)=O)cc1. The number of anilines is 6. The summed E-state index contributed by atoms with van der Waals surface area (Å²) in [6, 6.07) is 65.2. The summed E-state index contributed by atoms with van der Waals surface area (Å²) in [6.45, 7) is 41.9. The second-order valence-electron chi connectivity index (χ2n) is 40.0. The molecule has 7 amide bonds. The van der Waals surface area contributed by atoms with Crippen LogP contribution in [0, 0.1) is 18.8 Å². The Bertz CT molecular complexity index is 6230. The molecule has 0 unspecified atom stereocenters. The van der Waals surface area contributed by atoms with Crippen LogP contribution in [0.1, 0.15) is 242 Å². The number of benzene rings is 9. The molecule has 10 atom stereocenters. The lowest BCUT2D eigenvalue weighted by Crippen LogP contribution is -2.46. The summed E-state index contributed by atoms with van der Waals surface area (Å²) in [5.74, 6) is -0.782. The number of carbonyl (C=O) groups excluding carboxylic acids is 7. The van der Waals surface area contributed by atoms with E-state index in [2.05, 4.69) is 253 Å². The van der Waals surface area contributed by atoms with Crippen molar-refractivity contribution in [2.75, 3.05) is 71.1 Å². The van der Waals surface area contributed by atoms with Gasteiger partial charge in [0.25, 0.3) is 0 Å². The molecular formula is C116H150N18O9. The van der Waals surface area contributed by atoms with Gasteiger partial charge in [-0.1, -0.05) is 164 Å². The highest BCUT2D eigenvalue weighted by molar-refractivity contribution is 5.99. The van der Waals surface area contributed by atoms with Gasteiger partial charge in [0.05, 0.1) is 49.2 Å². The normalized spacial score (nSPS) is 18.7. The Morgan fingerprint density at radius 3 is 0.895 bits per heavy atom. The number of aromatic nitrogens is 4. The summed E-state index contributed by atoms with van der Waals surface area (Å²) in [4.78, 5) is 107. The topological polar surface area (TPSA) is 317 Å². The zero-order chi connectivity index (χ0) is 103. The van der Waals surface area contributed by atoms with Crippen LogP contribution in [-0.4, -0.2) is 156 Å². The van der Waals surface area contributed by atoms with Crippen LogP contribution in [0.4, 0.5) is 34.1 Å². The van der Waals surface area contributed by atoms with E-state index in [1.165, 1.54) is 38.9 Å². The van der Waals surface area contributed by atoms with Crippen molar-refractivity contribution in [2.24, 2.45) is 11.8 Å². The zero-order valence-corrected chi connectivity index (χ0v) is 87.8. The number of hydrogen-bond acceptors (Lipinski definition) is 17. The van der Waals surface area contributed by atoms with E-state index >= 15 is 0 Å². The predicted octanol–water partition coefficient (Wildman–Crippen LogP) is 19.6. The van der Waals surface area contributed by atoms with Crippen LogP contribution in [0.5, 0.6) is 0 Å². The van der Waals surface area contributed by atoms with Crippen molar-refractivity contribution < 1.29 is 43.5 Å². The van der Waals surface area contributed by atoms with Crippen LogP contribution in [0.15, 0.2) is 213 Å². The Morgan fingerprint density at radius 2 is 0.615 bits per heavy atom. The van der Waals surface area contributed by atoms with E-state index in [9.17, 15) is 38.4 Å². The van der Waals surface area contributed by atoms with Crippen LogP contribution < -0.4 is 72.4 Å². The number of likely N-dealkylation sites (N-methyl/N-ethyl adjacent to an activating group) is 2. The van der Waals surface area contributed by atoms with Crippen LogP contribution in [0.2, 0.25) is 0 Å². The molecule has 0 aliphatic carbocycles. The van der Waals surface area contributed by atoms with Crippen molar-refractivity contribution in [2.45, 2.75) is 262 Å². The maximum Gasteiger partial charge on any atom is 0.335 e. The fourth-order valence-electron chi connectivity index (χ4n) is 20.2. The van der Waals surface area contributed by atoms with Crippen molar-refractivity contribution in [3.63, 3.8) is 0 Å². The zero-order valence-electron chi connectivity index (χ0n) is 87.8. The summed E-state index contributed by atoms with van der Waals surface area (Å²) in [5, 5.41) is 48.0. The first-order valence-corrected chi connectivity index (χ1v) is 50.6. The quantitative estimate of drug-likeness (QED) is 0.0241. The van der Waals surface area contributed by atoms with E-state index < -0.39 is 5.97 Å². The molecule has 5 aliphatic rings. The second kappa shape index (κ2) is 49.6. The Labute approximate surface area is 845 Å². The summed E-state index contributed by atoms with van der Waals surface area (Å²) >= 11 is 0. The maximum atomic E-state index is 12.4. The molecule has 9 aromatic carbocycles. The van der Waals surface area contributed by atoms with E-state index in [0.29, 0.717) is 24.9 Å². The minimum atomic E-state index is -0.939. The molecule has 7 heterocycles. The molecule has 10 N–H and O–H groups in total. The molecule has 0 saturated carbocycles. The Hall–Kier alpha value is -13.3. The number of carboxylic acids is 1. The number of hydrogen-bond donors (Lipinski definition) is 10. The first-order valence-electron chi connectivity index (χ1n) is 50.6. The Kier molecular flexibility index (Phi) is 37.7.